The second-order valence-corrected chi connectivity index (χ2v) is 5.29. The van der Waals surface area contributed by atoms with Gasteiger partial charge in [-0.3, -0.25) is 4.79 Å². The average molecular weight is 250 g/mol. The summed E-state index contributed by atoms with van der Waals surface area (Å²) in [6.07, 6.45) is 1.06. The van der Waals surface area contributed by atoms with E-state index in [2.05, 4.69) is 19.2 Å². The van der Waals surface area contributed by atoms with Crippen LogP contribution in [-0.2, 0) is 11.2 Å². The Balaban J connectivity index is 2.46. The Morgan fingerprint density at radius 1 is 1.39 bits per heavy atom. The van der Waals surface area contributed by atoms with Crippen LogP contribution < -0.4 is 11.1 Å². The van der Waals surface area contributed by atoms with Gasteiger partial charge in [0.1, 0.15) is 5.75 Å². The number of amides is 1. The third kappa shape index (κ3) is 4.75. The maximum Gasteiger partial charge on any atom is 0.224 e. The Bertz CT molecular complexity index is 403. The summed E-state index contributed by atoms with van der Waals surface area (Å²) >= 11 is 0. The highest BCUT2D eigenvalue weighted by Gasteiger charge is 2.18. The first kappa shape index (κ1) is 14.5. The van der Waals surface area contributed by atoms with Crippen molar-refractivity contribution < 1.29 is 9.90 Å². The van der Waals surface area contributed by atoms with Gasteiger partial charge in [-0.15, -0.1) is 0 Å². The maximum atomic E-state index is 11.8. The van der Waals surface area contributed by atoms with Gasteiger partial charge in [0.2, 0.25) is 5.91 Å². The Morgan fingerprint density at radius 2 is 2.06 bits per heavy atom. The molecule has 0 saturated heterocycles. The number of phenolic OH excluding ortho intramolecular Hbond substituents is 1. The number of hydrogen-bond donors (Lipinski definition) is 3. The molecule has 1 amide bonds. The first-order valence-electron chi connectivity index (χ1n) is 6.18. The van der Waals surface area contributed by atoms with E-state index in [0.29, 0.717) is 18.7 Å². The third-order valence-electron chi connectivity index (χ3n) is 2.93. The minimum Gasteiger partial charge on any atom is -0.508 e. The van der Waals surface area contributed by atoms with Crippen molar-refractivity contribution in [1.29, 1.82) is 0 Å². The van der Waals surface area contributed by atoms with E-state index in [0.717, 1.165) is 6.42 Å². The molecule has 4 nitrogen and oxygen atoms in total. The van der Waals surface area contributed by atoms with E-state index < -0.39 is 0 Å². The van der Waals surface area contributed by atoms with Gasteiger partial charge in [-0.05, 0) is 24.4 Å². The lowest BCUT2D eigenvalue weighted by Crippen LogP contribution is -2.36. The molecule has 0 unspecified atom stereocenters. The van der Waals surface area contributed by atoms with Crippen LogP contribution in [0, 0.1) is 5.41 Å². The molecule has 0 aliphatic heterocycles. The molecule has 0 fully saturated rings. The number of benzene rings is 1. The summed E-state index contributed by atoms with van der Waals surface area (Å²) in [5.41, 5.74) is 6.17. The highest BCUT2D eigenvalue weighted by Crippen LogP contribution is 2.18. The van der Waals surface area contributed by atoms with Gasteiger partial charge in [-0.1, -0.05) is 32.0 Å². The molecule has 1 rings (SSSR count). The monoisotopic (exact) mass is 250 g/mol. The quantitative estimate of drug-likeness (QED) is 0.715. The Kier molecular flexibility index (Phi) is 5.16. The van der Waals surface area contributed by atoms with Crippen LogP contribution in [0.4, 0.5) is 0 Å². The summed E-state index contributed by atoms with van der Waals surface area (Å²) in [5, 5.41) is 12.5. The van der Waals surface area contributed by atoms with E-state index in [1.165, 1.54) is 0 Å². The molecule has 1 aromatic carbocycles. The molecule has 0 heterocycles. The fourth-order valence-electron chi connectivity index (χ4n) is 1.71. The van der Waals surface area contributed by atoms with Crippen molar-refractivity contribution >= 4 is 5.91 Å². The topological polar surface area (TPSA) is 75.3 Å². The Morgan fingerprint density at radius 3 is 2.67 bits per heavy atom. The maximum absolute atomic E-state index is 11.8. The first-order valence-corrected chi connectivity index (χ1v) is 6.18. The van der Waals surface area contributed by atoms with Crippen LogP contribution in [0.2, 0.25) is 0 Å². The fraction of sp³-hybridized carbons (Fsp3) is 0.500. The number of aromatic hydroxyl groups is 1. The molecule has 0 bridgehead atoms. The van der Waals surface area contributed by atoms with E-state index in [-0.39, 0.29) is 23.5 Å². The molecule has 0 aromatic heterocycles. The van der Waals surface area contributed by atoms with E-state index in [1.807, 2.05) is 0 Å². The highest BCUT2D eigenvalue weighted by atomic mass is 16.3. The molecule has 18 heavy (non-hydrogen) atoms. The van der Waals surface area contributed by atoms with Crippen LogP contribution in [0.25, 0.3) is 0 Å². The molecular formula is C14H22N2O2. The van der Waals surface area contributed by atoms with Crippen LogP contribution in [0.5, 0.6) is 5.75 Å². The molecule has 0 saturated carbocycles. The number of nitrogens with two attached hydrogens (primary N) is 1. The molecule has 0 aliphatic carbocycles. The summed E-state index contributed by atoms with van der Waals surface area (Å²) < 4.78 is 0. The van der Waals surface area contributed by atoms with Gasteiger partial charge in [0, 0.05) is 12.1 Å². The Hall–Kier alpha value is -1.55. The van der Waals surface area contributed by atoms with Gasteiger partial charge in [-0.25, -0.2) is 0 Å². The van der Waals surface area contributed by atoms with Crippen LogP contribution in [0.3, 0.4) is 0 Å². The van der Waals surface area contributed by atoms with Gasteiger partial charge >= 0.3 is 0 Å². The smallest absolute Gasteiger partial charge is 0.224 e. The zero-order valence-corrected chi connectivity index (χ0v) is 11.1. The number of carbonyl (C=O) groups is 1. The van der Waals surface area contributed by atoms with Crippen molar-refractivity contribution in [3.05, 3.63) is 29.8 Å². The van der Waals surface area contributed by atoms with Gasteiger partial charge < -0.3 is 16.2 Å². The largest absolute Gasteiger partial charge is 0.508 e. The van der Waals surface area contributed by atoms with Crippen LogP contribution >= 0.6 is 0 Å². The number of phenols is 1. The summed E-state index contributed by atoms with van der Waals surface area (Å²) in [6.45, 7) is 5.35. The molecular weight excluding hydrogens is 228 g/mol. The molecule has 0 aliphatic rings. The molecule has 1 aromatic rings. The van der Waals surface area contributed by atoms with Crippen molar-refractivity contribution in [3.8, 4) is 5.75 Å². The molecule has 4 N–H and O–H groups in total. The lowest BCUT2D eigenvalue weighted by Gasteiger charge is -2.24. The number of hydrogen-bond acceptors (Lipinski definition) is 3. The Labute approximate surface area is 108 Å². The van der Waals surface area contributed by atoms with E-state index >= 15 is 0 Å². The third-order valence-corrected chi connectivity index (χ3v) is 2.93. The zero-order valence-electron chi connectivity index (χ0n) is 11.1. The lowest BCUT2D eigenvalue weighted by molar-refractivity contribution is -0.120. The van der Waals surface area contributed by atoms with Gasteiger partial charge in [-0.2, -0.15) is 0 Å². The molecule has 0 atom stereocenters. The normalized spacial score (nSPS) is 11.3. The van der Waals surface area contributed by atoms with Crippen LogP contribution in [-0.4, -0.2) is 24.1 Å². The molecule has 0 radical (unpaired) electrons. The summed E-state index contributed by atoms with van der Waals surface area (Å²) in [4.78, 5) is 11.8. The van der Waals surface area contributed by atoms with Crippen LogP contribution in [0.15, 0.2) is 24.3 Å². The predicted molar refractivity (Wildman–Crippen MR) is 72.3 cm³/mol. The molecule has 100 valence electrons. The van der Waals surface area contributed by atoms with Crippen molar-refractivity contribution in [1.82, 2.24) is 5.32 Å². The van der Waals surface area contributed by atoms with Gasteiger partial charge in [0.15, 0.2) is 0 Å². The summed E-state index contributed by atoms with van der Waals surface area (Å²) in [6, 6.07) is 6.88. The van der Waals surface area contributed by atoms with Crippen molar-refractivity contribution in [3.63, 3.8) is 0 Å². The van der Waals surface area contributed by atoms with Crippen molar-refractivity contribution in [2.45, 2.75) is 26.7 Å². The lowest BCUT2D eigenvalue weighted by atomic mass is 9.89. The van der Waals surface area contributed by atoms with Gasteiger partial charge in [0.25, 0.3) is 0 Å². The number of carbonyl (C=O) groups excluding carboxylic acids is 1. The SMILES string of the molecule is CC(C)(CCN)CNC(=O)Cc1ccccc1O. The van der Waals surface area contributed by atoms with E-state index in [1.54, 1.807) is 24.3 Å². The highest BCUT2D eigenvalue weighted by molar-refractivity contribution is 5.79. The fourth-order valence-corrected chi connectivity index (χ4v) is 1.71. The number of nitrogens with one attached hydrogen (secondary N) is 1. The minimum absolute atomic E-state index is 0.00312. The standard InChI is InChI=1S/C14H22N2O2/c1-14(2,7-8-15)10-16-13(18)9-11-5-3-4-6-12(11)17/h3-6,17H,7-10,15H2,1-2H3,(H,16,18). The molecule has 0 spiro atoms. The average Bonchev–Trinajstić information content (AvgIpc) is 2.30. The zero-order chi connectivity index (χ0) is 13.6. The van der Waals surface area contributed by atoms with Crippen LogP contribution in [0.1, 0.15) is 25.8 Å². The van der Waals surface area contributed by atoms with E-state index in [4.69, 9.17) is 5.73 Å². The minimum atomic E-state index is -0.0819. The number of rotatable bonds is 6. The first-order chi connectivity index (χ1) is 8.44. The second kappa shape index (κ2) is 6.40. The number of para-hydroxylation sites is 1. The summed E-state index contributed by atoms with van der Waals surface area (Å²) in [7, 11) is 0. The second-order valence-electron chi connectivity index (χ2n) is 5.29. The van der Waals surface area contributed by atoms with E-state index in [9.17, 15) is 9.90 Å². The summed E-state index contributed by atoms with van der Waals surface area (Å²) in [5.74, 6) is 0.0791. The van der Waals surface area contributed by atoms with Crippen molar-refractivity contribution in [2.75, 3.05) is 13.1 Å². The predicted octanol–water partition coefficient (Wildman–Crippen LogP) is 1.43. The van der Waals surface area contributed by atoms with Gasteiger partial charge in [0.05, 0.1) is 6.42 Å². The van der Waals surface area contributed by atoms with Crippen molar-refractivity contribution in [2.24, 2.45) is 11.1 Å². The molecule has 4 heteroatoms.